The molecule has 0 spiro atoms. The number of nitrogens with zero attached hydrogens (tertiary/aromatic N) is 1. The lowest BCUT2D eigenvalue weighted by Crippen LogP contribution is -2.35. The van der Waals surface area contributed by atoms with E-state index in [1.807, 2.05) is 31.2 Å². The average molecular weight is 256 g/mol. The zero-order chi connectivity index (χ0) is 11.5. The molecule has 0 aromatic heterocycles. The number of aryl methyl sites for hydroxylation is 1. The molecule has 94 valence electrons. The van der Waals surface area contributed by atoms with Crippen LogP contribution < -0.4 is 11.1 Å². The number of amides is 2. The standard InChI is InChI=1S/C12H17N3O.ClH/c1-9-3-2-4-11(7-9)14-12(16)15-6-5-10(13)8-15;/h2-4,7,10H,5-6,8,13H2,1H3,(H,14,16);1H. The molecule has 4 nitrogen and oxygen atoms in total. The number of anilines is 1. The summed E-state index contributed by atoms with van der Waals surface area (Å²) in [4.78, 5) is 13.6. The predicted molar refractivity (Wildman–Crippen MR) is 71.6 cm³/mol. The third-order valence-electron chi connectivity index (χ3n) is 2.78. The van der Waals surface area contributed by atoms with E-state index in [4.69, 9.17) is 5.73 Å². The van der Waals surface area contributed by atoms with Crippen molar-refractivity contribution >= 4 is 24.1 Å². The van der Waals surface area contributed by atoms with E-state index in [1.54, 1.807) is 4.90 Å². The number of nitrogens with two attached hydrogens (primary N) is 1. The maximum absolute atomic E-state index is 11.8. The van der Waals surface area contributed by atoms with E-state index < -0.39 is 0 Å². The smallest absolute Gasteiger partial charge is 0.321 e. The van der Waals surface area contributed by atoms with Crippen LogP contribution in [0.1, 0.15) is 12.0 Å². The van der Waals surface area contributed by atoms with Gasteiger partial charge in [0.05, 0.1) is 0 Å². The fourth-order valence-electron chi connectivity index (χ4n) is 1.90. The lowest BCUT2D eigenvalue weighted by Gasteiger charge is -2.16. The second-order valence-corrected chi connectivity index (χ2v) is 4.29. The van der Waals surface area contributed by atoms with Gasteiger partial charge in [0.1, 0.15) is 0 Å². The average Bonchev–Trinajstić information content (AvgIpc) is 2.65. The molecule has 0 radical (unpaired) electrons. The number of nitrogens with one attached hydrogen (secondary N) is 1. The second-order valence-electron chi connectivity index (χ2n) is 4.29. The number of carbonyl (C=O) groups excluding carboxylic acids is 1. The summed E-state index contributed by atoms with van der Waals surface area (Å²) in [6.45, 7) is 3.40. The Bertz CT molecular complexity index is 397. The third-order valence-corrected chi connectivity index (χ3v) is 2.78. The molecule has 1 unspecified atom stereocenters. The van der Waals surface area contributed by atoms with Gasteiger partial charge in [-0.3, -0.25) is 0 Å². The highest BCUT2D eigenvalue weighted by atomic mass is 35.5. The maximum atomic E-state index is 11.8. The molecule has 0 aliphatic carbocycles. The number of urea groups is 1. The SMILES string of the molecule is Cc1cccc(NC(=O)N2CCC(N)C2)c1.Cl. The number of halogens is 1. The van der Waals surface area contributed by atoms with Crippen LogP contribution >= 0.6 is 12.4 Å². The van der Waals surface area contributed by atoms with Crippen LogP contribution in [-0.4, -0.2) is 30.1 Å². The zero-order valence-electron chi connectivity index (χ0n) is 9.85. The second kappa shape index (κ2) is 5.89. The minimum absolute atomic E-state index is 0. The van der Waals surface area contributed by atoms with Crippen molar-refractivity contribution in [2.24, 2.45) is 5.73 Å². The zero-order valence-corrected chi connectivity index (χ0v) is 10.7. The first-order valence-electron chi connectivity index (χ1n) is 5.53. The summed E-state index contributed by atoms with van der Waals surface area (Å²) in [6.07, 6.45) is 0.890. The first kappa shape index (κ1) is 13.8. The Hall–Kier alpha value is -1.26. The Morgan fingerprint density at radius 1 is 1.53 bits per heavy atom. The van der Waals surface area contributed by atoms with Crippen molar-refractivity contribution in [3.05, 3.63) is 29.8 Å². The van der Waals surface area contributed by atoms with Crippen LogP contribution in [-0.2, 0) is 0 Å². The molecule has 1 saturated heterocycles. The maximum Gasteiger partial charge on any atom is 0.321 e. The van der Waals surface area contributed by atoms with Crippen LogP contribution in [0.15, 0.2) is 24.3 Å². The number of hydrogen-bond acceptors (Lipinski definition) is 2. The summed E-state index contributed by atoms with van der Waals surface area (Å²) in [6, 6.07) is 7.85. The summed E-state index contributed by atoms with van der Waals surface area (Å²) >= 11 is 0. The summed E-state index contributed by atoms with van der Waals surface area (Å²) in [5.41, 5.74) is 7.73. The Morgan fingerprint density at radius 2 is 2.29 bits per heavy atom. The van der Waals surface area contributed by atoms with Crippen molar-refractivity contribution in [1.29, 1.82) is 0 Å². The number of benzene rings is 1. The van der Waals surface area contributed by atoms with Gasteiger partial charge in [-0.1, -0.05) is 12.1 Å². The van der Waals surface area contributed by atoms with E-state index in [1.165, 1.54) is 0 Å². The Morgan fingerprint density at radius 3 is 2.88 bits per heavy atom. The van der Waals surface area contributed by atoms with Crippen molar-refractivity contribution in [3.8, 4) is 0 Å². The third kappa shape index (κ3) is 3.61. The molecule has 2 rings (SSSR count). The normalized spacial score (nSPS) is 18.7. The Kier molecular flexibility index (Phi) is 4.78. The van der Waals surface area contributed by atoms with Crippen LogP contribution in [0, 0.1) is 6.92 Å². The van der Waals surface area contributed by atoms with Crippen LogP contribution in [0.2, 0.25) is 0 Å². The highest BCUT2D eigenvalue weighted by Crippen LogP contribution is 2.13. The van der Waals surface area contributed by atoms with Gasteiger partial charge in [0.25, 0.3) is 0 Å². The number of hydrogen-bond donors (Lipinski definition) is 2. The summed E-state index contributed by atoms with van der Waals surface area (Å²) in [5, 5.41) is 2.88. The molecule has 0 saturated carbocycles. The molecule has 0 bridgehead atoms. The molecule has 1 aromatic carbocycles. The van der Waals surface area contributed by atoms with Crippen LogP contribution in [0.3, 0.4) is 0 Å². The molecule has 17 heavy (non-hydrogen) atoms. The van der Waals surface area contributed by atoms with Crippen LogP contribution in [0.5, 0.6) is 0 Å². The number of likely N-dealkylation sites (tertiary alicyclic amines) is 1. The van der Waals surface area contributed by atoms with Crippen molar-refractivity contribution in [2.45, 2.75) is 19.4 Å². The fourth-order valence-corrected chi connectivity index (χ4v) is 1.90. The summed E-state index contributed by atoms with van der Waals surface area (Å²) in [5.74, 6) is 0. The minimum atomic E-state index is -0.0569. The quantitative estimate of drug-likeness (QED) is 0.806. The lowest BCUT2D eigenvalue weighted by molar-refractivity contribution is 0.222. The molecule has 1 aromatic rings. The Labute approximate surface area is 108 Å². The van der Waals surface area contributed by atoms with Gasteiger partial charge < -0.3 is 16.0 Å². The molecule has 1 aliphatic heterocycles. The molecular weight excluding hydrogens is 238 g/mol. The van der Waals surface area contributed by atoms with Gasteiger partial charge in [-0.25, -0.2) is 4.79 Å². The molecule has 1 atom stereocenters. The molecule has 1 aliphatic rings. The highest BCUT2D eigenvalue weighted by Gasteiger charge is 2.23. The van der Waals surface area contributed by atoms with E-state index >= 15 is 0 Å². The van der Waals surface area contributed by atoms with E-state index in [2.05, 4.69) is 5.32 Å². The topological polar surface area (TPSA) is 58.4 Å². The fraction of sp³-hybridized carbons (Fsp3) is 0.417. The van der Waals surface area contributed by atoms with Crippen molar-refractivity contribution in [1.82, 2.24) is 4.90 Å². The van der Waals surface area contributed by atoms with Crippen LogP contribution in [0.25, 0.3) is 0 Å². The molecule has 1 heterocycles. The molecular formula is C12H18ClN3O. The first-order chi connectivity index (χ1) is 7.65. The van der Waals surface area contributed by atoms with Gasteiger partial charge >= 0.3 is 6.03 Å². The number of carbonyl (C=O) groups is 1. The predicted octanol–water partition coefficient (Wildman–Crippen LogP) is 1.98. The number of rotatable bonds is 1. The van der Waals surface area contributed by atoms with Crippen molar-refractivity contribution in [2.75, 3.05) is 18.4 Å². The van der Waals surface area contributed by atoms with Gasteiger partial charge in [0, 0.05) is 24.8 Å². The molecule has 3 N–H and O–H groups in total. The van der Waals surface area contributed by atoms with Gasteiger partial charge in [-0.15, -0.1) is 12.4 Å². The minimum Gasteiger partial charge on any atom is -0.326 e. The van der Waals surface area contributed by atoms with Gasteiger partial charge in [0.15, 0.2) is 0 Å². The lowest BCUT2D eigenvalue weighted by atomic mass is 10.2. The van der Waals surface area contributed by atoms with Crippen molar-refractivity contribution < 1.29 is 4.79 Å². The largest absolute Gasteiger partial charge is 0.326 e. The van der Waals surface area contributed by atoms with Gasteiger partial charge in [-0.05, 0) is 31.0 Å². The highest BCUT2D eigenvalue weighted by molar-refractivity contribution is 5.89. The molecule has 5 heteroatoms. The first-order valence-corrected chi connectivity index (χ1v) is 5.53. The van der Waals surface area contributed by atoms with Crippen molar-refractivity contribution in [3.63, 3.8) is 0 Å². The van der Waals surface area contributed by atoms with Gasteiger partial charge in [0.2, 0.25) is 0 Å². The van der Waals surface area contributed by atoms with E-state index in [0.717, 1.165) is 24.2 Å². The van der Waals surface area contributed by atoms with E-state index in [-0.39, 0.29) is 24.5 Å². The molecule has 1 fully saturated rings. The summed E-state index contributed by atoms with van der Waals surface area (Å²) < 4.78 is 0. The van der Waals surface area contributed by atoms with Gasteiger partial charge in [-0.2, -0.15) is 0 Å². The Balaban J connectivity index is 0.00000144. The monoisotopic (exact) mass is 255 g/mol. The van der Waals surface area contributed by atoms with Crippen LogP contribution in [0.4, 0.5) is 10.5 Å². The molecule has 2 amide bonds. The van der Waals surface area contributed by atoms with E-state index in [9.17, 15) is 4.79 Å². The van der Waals surface area contributed by atoms with E-state index in [0.29, 0.717) is 6.54 Å². The summed E-state index contributed by atoms with van der Waals surface area (Å²) in [7, 11) is 0.